The van der Waals surface area contributed by atoms with Gasteiger partial charge in [0.2, 0.25) is 5.91 Å². The third-order valence-corrected chi connectivity index (χ3v) is 4.38. The van der Waals surface area contributed by atoms with E-state index in [1.807, 2.05) is 48.5 Å². The zero-order valence-electron chi connectivity index (χ0n) is 15.8. The van der Waals surface area contributed by atoms with E-state index in [1.54, 1.807) is 37.5 Å². The Hall–Kier alpha value is -3.67. The van der Waals surface area contributed by atoms with Crippen molar-refractivity contribution in [3.8, 4) is 0 Å². The molecular weight excluding hydrogens is 352 g/mol. The van der Waals surface area contributed by atoms with Gasteiger partial charge < -0.3 is 15.5 Å². The third kappa shape index (κ3) is 4.73. The number of benzene rings is 2. The maximum Gasteiger partial charge on any atom is 0.320 e. The van der Waals surface area contributed by atoms with Crippen molar-refractivity contribution in [3.05, 3.63) is 90.3 Å². The SMILES string of the molecule is CC(=O)N(C)c1ccc(NC(=O)NC(c2ccccc2)c2ccccn2)cc1. The van der Waals surface area contributed by atoms with Crippen LogP contribution in [-0.4, -0.2) is 24.0 Å². The third-order valence-electron chi connectivity index (χ3n) is 4.38. The number of urea groups is 1. The molecule has 3 aromatic rings. The second-order valence-corrected chi connectivity index (χ2v) is 6.32. The maximum absolute atomic E-state index is 12.6. The number of rotatable bonds is 5. The van der Waals surface area contributed by atoms with Gasteiger partial charge in [0, 0.05) is 31.5 Å². The molecule has 0 spiro atoms. The molecule has 0 bridgehead atoms. The van der Waals surface area contributed by atoms with Crippen LogP contribution in [0.25, 0.3) is 0 Å². The van der Waals surface area contributed by atoms with E-state index in [1.165, 1.54) is 11.8 Å². The largest absolute Gasteiger partial charge is 0.325 e. The molecule has 3 rings (SSSR count). The van der Waals surface area contributed by atoms with Crippen molar-refractivity contribution in [2.24, 2.45) is 0 Å². The van der Waals surface area contributed by atoms with Crippen LogP contribution in [0.15, 0.2) is 79.0 Å². The van der Waals surface area contributed by atoms with Crippen molar-refractivity contribution >= 4 is 23.3 Å². The smallest absolute Gasteiger partial charge is 0.320 e. The summed E-state index contributed by atoms with van der Waals surface area (Å²) in [6.45, 7) is 1.50. The zero-order chi connectivity index (χ0) is 19.9. The molecule has 0 aliphatic heterocycles. The molecular formula is C22H22N4O2. The van der Waals surface area contributed by atoms with E-state index in [0.717, 1.165) is 16.9 Å². The minimum Gasteiger partial charge on any atom is -0.325 e. The molecule has 2 N–H and O–H groups in total. The number of nitrogens with one attached hydrogen (secondary N) is 2. The standard InChI is InChI=1S/C22H22N4O2/c1-16(27)26(2)19-13-11-18(12-14-19)24-22(28)25-21(17-8-4-3-5-9-17)20-10-6-7-15-23-20/h3-15,21H,1-2H3,(H2,24,25,28). The van der Waals surface area contributed by atoms with Crippen LogP contribution < -0.4 is 15.5 Å². The van der Waals surface area contributed by atoms with Crippen molar-refractivity contribution < 1.29 is 9.59 Å². The van der Waals surface area contributed by atoms with E-state index < -0.39 is 0 Å². The number of carbonyl (C=O) groups is 2. The van der Waals surface area contributed by atoms with E-state index >= 15 is 0 Å². The van der Waals surface area contributed by atoms with E-state index in [9.17, 15) is 9.59 Å². The fourth-order valence-electron chi connectivity index (χ4n) is 2.77. The van der Waals surface area contributed by atoms with Crippen LogP contribution in [-0.2, 0) is 4.79 Å². The zero-order valence-corrected chi connectivity index (χ0v) is 15.8. The van der Waals surface area contributed by atoms with E-state index in [2.05, 4.69) is 15.6 Å². The maximum atomic E-state index is 12.6. The van der Waals surface area contributed by atoms with Gasteiger partial charge in [0.25, 0.3) is 0 Å². The molecule has 2 aromatic carbocycles. The fourth-order valence-corrected chi connectivity index (χ4v) is 2.77. The first-order chi connectivity index (χ1) is 13.5. The van der Waals surface area contributed by atoms with E-state index in [4.69, 9.17) is 0 Å². The lowest BCUT2D eigenvalue weighted by molar-refractivity contribution is -0.116. The van der Waals surface area contributed by atoms with E-state index in [0.29, 0.717) is 5.69 Å². The Morgan fingerprint density at radius 3 is 2.21 bits per heavy atom. The van der Waals surface area contributed by atoms with Gasteiger partial charge in [-0.2, -0.15) is 0 Å². The predicted molar refractivity (Wildman–Crippen MR) is 110 cm³/mol. The Kier molecular flexibility index (Phi) is 6.01. The van der Waals surface area contributed by atoms with Gasteiger partial charge in [0.15, 0.2) is 0 Å². The number of amides is 3. The van der Waals surface area contributed by atoms with Gasteiger partial charge in [-0.25, -0.2) is 4.79 Å². The Balaban J connectivity index is 1.73. The second-order valence-electron chi connectivity index (χ2n) is 6.32. The average molecular weight is 374 g/mol. The number of hydrogen-bond acceptors (Lipinski definition) is 3. The Morgan fingerprint density at radius 2 is 1.61 bits per heavy atom. The number of aromatic nitrogens is 1. The van der Waals surface area contributed by atoms with Crippen LogP contribution in [0, 0.1) is 0 Å². The first-order valence-corrected chi connectivity index (χ1v) is 8.92. The number of pyridine rings is 1. The summed E-state index contributed by atoms with van der Waals surface area (Å²) in [7, 11) is 1.70. The number of nitrogens with zero attached hydrogens (tertiary/aromatic N) is 2. The van der Waals surface area contributed by atoms with Crippen LogP contribution in [0.3, 0.4) is 0 Å². The highest BCUT2D eigenvalue weighted by Crippen LogP contribution is 2.21. The summed E-state index contributed by atoms with van der Waals surface area (Å²) in [5.74, 6) is -0.0560. The summed E-state index contributed by atoms with van der Waals surface area (Å²) in [5.41, 5.74) is 3.08. The Morgan fingerprint density at radius 1 is 0.929 bits per heavy atom. The molecule has 1 unspecified atom stereocenters. The molecule has 142 valence electrons. The molecule has 6 heteroatoms. The monoisotopic (exact) mass is 374 g/mol. The van der Waals surface area contributed by atoms with Crippen LogP contribution >= 0.6 is 0 Å². The molecule has 0 fully saturated rings. The van der Waals surface area contributed by atoms with E-state index in [-0.39, 0.29) is 18.0 Å². The van der Waals surface area contributed by atoms with Crippen molar-refractivity contribution in [3.63, 3.8) is 0 Å². The molecule has 0 radical (unpaired) electrons. The lowest BCUT2D eigenvalue weighted by atomic mass is 10.0. The van der Waals surface area contributed by atoms with Crippen LogP contribution in [0.4, 0.5) is 16.2 Å². The van der Waals surface area contributed by atoms with Crippen molar-refractivity contribution in [2.45, 2.75) is 13.0 Å². The molecule has 0 aliphatic carbocycles. The summed E-state index contributed by atoms with van der Waals surface area (Å²) < 4.78 is 0. The number of hydrogen-bond donors (Lipinski definition) is 2. The highest BCUT2D eigenvalue weighted by atomic mass is 16.2. The van der Waals surface area contributed by atoms with Gasteiger partial charge in [0.1, 0.15) is 0 Å². The molecule has 28 heavy (non-hydrogen) atoms. The summed E-state index contributed by atoms with van der Waals surface area (Å²) in [4.78, 5) is 29.9. The first kappa shape index (κ1) is 19.1. The Bertz CT molecular complexity index is 888. The van der Waals surface area contributed by atoms with Gasteiger partial charge in [-0.15, -0.1) is 0 Å². The average Bonchev–Trinajstić information content (AvgIpc) is 2.73. The highest BCUT2D eigenvalue weighted by Gasteiger charge is 2.18. The summed E-state index contributed by atoms with van der Waals surface area (Å²) >= 11 is 0. The van der Waals surface area contributed by atoms with Crippen LogP contribution in [0.2, 0.25) is 0 Å². The lowest BCUT2D eigenvalue weighted by Crippen LogP contribution is -2.33. The summed E-state index contributed by atoms with van der Waals surface area (Å²) in [5, 5.41) is 5.80. The van der Waals surface area contributed by atoms with Crippen molar-refractivity contribution in [2.75, 3.05) is 17.3 Å². The van der Waals surface area contributed by atoms with Crippen LogP contribution in [0.5, 0.6) is 0 Å². The molecule has 0 aliphatic rings. The number of anilines is 2. The normalized spacial score (nSPS) is 11.4. The predicted octanol–water partition coefficient (Wildman–Crippen LogP) is 3.98. The molecule has 6 nitrogen and oxygen atoms in total. The van der Waals surface area contributed by atoms with Gasteiger partial charge in [-0.3, -0.25) is 9.78 Å². The lowest BCUT2D eigenvalue weighted by Gasteiger charge is -2.19. The number of carbonyl (C=O) groups excluding carboxylic acids is 2. The second kappa shape index (κ2) is 8.81. The summed E-state index contributed by atoms with van der Waals surface area (Å²) in [6.07, 6.45) is 1.70. The molecule has 0 saturated carbocycles. The quantitative estimate of drug-likeness (QED) is 0.709. The minimum absolute atomic E-state index is 0.0560. The summed E-state index contributed by atoms with van der Waals surface area (Å²) in [6, 6.07) is 21.7. The van der Waals surface area contributed by atoms with Crippen molar-refractivity contribution in [1.29, 1.82) is 0 Å². The van der Waals surface area contributed by atoms with Gasteiger partial charge in [-0.05, 0) is 42.0 Å². The van der Waals surface area contributed by atoms with Gasteiger partial charge >= 0.3 is 6.03 Å². The molecule has 3 amide bonds. The van der Waals surface area contributed by atoms with Gasteiger partial charge in [0.05, 0.1) is 11.7 Å². The fraction of sp³-hybridized carbons (Fsp3) is 0.136. The molecule has 1 aromatic heterocycles. The van der Waals surface area contributed by atoms with Gasteiger partial charge in [-0.1, -0.05) is 36.4 Å². The topological polar surface area (TPSA) is 74.3 Å². The molecule has 0 saturated heterocycles. The first-order valence-electron chi connectivity index (χ1n) is 8.92. The minimum atomic E-state index is -0.370. The molecule has 1 heterocycles. The van der Waals surface area contributed by atoms with Crippen molar-refractivity contribution in [1.82, 2.24) is 10.3 Å². The molecule has 1 atom stereocenters. The van der Waals surface area contributed by atoms with Crippen LogP contribution in [0.1, 0.15) is 24.2 Å². The Labute approximate surface area is 164 Å². The highest BCUT2D eigenvalue weighted by molar-refractivity contribution is 5.92.